The summed E-state index contributed by atoms with van der Waals surface area (Å²) in [5, 5.41) is 0. The van der Waals surface area contributed by atoms with Crippen LogP contribution in [0.4, 0.5) is 0 Å². The number of rotatable bonds is 11. The first-order chi connectivity index (χ1) is 10.7. The van der Waals surface area contributed by atoms with Crippen LogP contribution in [0.15, 0.2) is 9.85 Å². The van der Waals surface area contributed by atoms with Gasteiger partial charge in [-0.25, -0.2) is 0 Å². The molecule has 3 heteroatoms. The standard InChI is InChI=1S/C7H9O2.3C4H9.Sn/c1-2-6-5-3-4-8-7(5)9-6;3*1-3-4-2;/h3,5-7H,2H2,1H3;3*1,3-4H2,2H3;/t5-,6-,7+;;;;/m0..../s1. The van der Waals surface area contributed by atoms with Gasteiger partial charge in [0.05, 0.1) is 0 Å². The van der Waals surface area contributed by atoms with E-state index in [0.717, 1.165) is 6.42 Å². The van der Waals surface area contributed by atoms with Crippen molar-refractivity contribution in [3.8, 4) is 0 Å². The van der Waals surface area contributed by atoms with Gasteiger partial charge in [-0.1, -0.05) is 0 Å². The molecule has 0 aromatic carbocycles. The molecule has 0 saturated carbocycles. The van der Waals surface area contributed by atoms with Crippen LogP contribution < -0.4 is 0 Å². The van der Waals surface area contributed by atoms with Gasteiger partial charge in [0.2, 0.25) is 0 Å². The van der Waals surface area contributed by atoms with Crippen molar-refractivity contribution in [1.82, 2.24) is 0 Å². The molecule has 2 heterocycles. The molecule has 0 spiro atoms. The Hall–Kier alpha value is 0.299. The second kappa shape index (κ2) is 8.96. The number of fused-ring (bicyclic) bond motifs is 1. The van der Waals surface area contributed by atoms with Gasteiger partial charge in [0.25, 0.3) is 0 Å². The van der Waals surface area contributed by atoms with Crippen LogP contribution in [0.1, 0.15) is 72.6 Å². The molecule has 128 valence electrons. The third kappa shape index (κ3) is 4.03. The Balaban J connectivity index is 2.15. The van der Waals surface area contributed by atoms with Crippen LogP contribution in [0.25, 0.3) is 0 Å². The molecule has 0 aromatic heterocycles. The van der Waals surface area contributed by atoms with E-state index in [1.165, 1.54) is 55.6 Å². The molecule has 1 saturated heterocycles. The van der Waals surface area contributed by atoms with E-state index < -0.39 is 18.4 Å². The van der Waals surface area contributed by atoms with Crippen molar-refractivity contribution in [1.29, 1.82) is 0 Å². The monoisotopic (exact) mass is 416 g/mol. The molecule has 2 aliphatic rings. The molecule has 0 N–H and O–H groups in total. The second-order valence-corrected chi connectivity index (χ2v) is 20.3. The molecule has 0 radical (unpaired) electrons. The van der Waals surface area contributed by atoms with Gasteiger partial charge in [0.1, 0.15) is 0 Å². The van der Waals surface area contributed by atoms with Crippen molar-refractivity contribution in [3.63, 3.8) is 0 Å². The quantitative estimate of drug-likeness (QED) is 0.383. The predicted molar refractivity (Wildman–Crippen MR) is 96.5 cm³/mol. The summed E-state index contributed by atoms with van der Waals surface area (Å²) in [5.41, 5.74) is 0. The van der Waals surface area contributed by atoms with E-state index in [9.17, 15) is 0 Å². The molecule has 2 rings (SSSR count). The fraction of sp³-hybridized carbons (Fsp3) is 0.895. The third-order valence-corrected chi connectivity index (χ3v) is 20.6. The van der Waals surface area contributed by atoms with Crippen LogP contribution in [0.3, 0.4) is 0 Å². The Kier molecular flexibility index (Phi) is 7.59. The summed E-state index contributed by atoms with van der Waals surface area (Å²) in [6, 6.07) is 0. The average Bonchev–Trinajstić information content (AvgIpc) is 2.86. The zero-order valence-electron chi connectivity index (χ0n) is 15.2. The van der Waals surface area contributed by atoms with Gasteiger partial charge in [0, 0.05) is 0 Å². The second-order valence-electron chi connectivity index (χ2n) is 7.27. The molecule has 2 aliphatic heterocycles. The number of hydrogen-bond donors (Lipinski definition) is 0. The summed E-state index contributed by atoms with van der Waals surface area (Å²) in [4.78, 5) is 0. The van der Waals surface area contributed by atoms with Crippen LogP contribution in [0.2, 0.25) is 13.3 Å². The Labute approximate surface area is 141 Å². The van der Waals surface area contributed by atoms with E-state index >= 15 is 0 Å². The van der Waals surface area contributed by atoms with E-state index in [4.69, 9.17) is 9.47 Å². The van der Waals surface area contributed by atoms with E-state index in [1.807, 2.05) is 0 Å². The minimum absolute atomic E-state index is 0.0842. The van der Waals surface area contributed by atoms with Crippen molar-refractivity contribution in [2.45, 2.75) is 98.3 Å². The maximum absolute atomic E-state index is 6.38. The van der Waals surface area contributed by atoms with Crippen molar-refractivity contribution in [2.75, 3.05) is 0 Å². The summed E-state index contributed by atoms with van der Waals surface area (Å²) in [5.74, 6) is 0.570. The molecule has 2 nitrogen and oxygen atoms in total. The van der Waals surface area contributed by atoms with Gasteiger partial charge in [-0.2, -0.15) is 0 Å². The molecule has 0 amide bonds. The molecule has 0 unspecified atom stereocenters. The van der Waals surface area contributed by atoms with E-state index in [1.54, 1.807) is 0 Å². The Morgan fingerprint density at radius 1 is 0.909 bits per heavy atom. The van der Waals surface area contributed by atoms with Crippen molar-refractivity contribution >= 4 is 18.4 Å². The SMILES string of the molecule is CCC[CH2][Sn]([CH2]CCC)([CH2]CCC)[C]1=C[C@@H]2[C@H](O1)O[C@H]2CC. The summed E-state index contributed by atoms with van der Waals surface area (Å²) in [6.45, 7) is 9.23. The van der Waals surface area contributed by atoms with Crippen LogP contribution >= 0.6 is 0 Å². The van der Waals surface area contributed by atoms with Crippen molar-refractivity contribution in [3.05, 3.63) is 9.85 Å². The number of unbranched alkanes of at least 4 members (excludes halogenated alkanes) is 3. The fourth-order valence-corrected chi connectivity index (χ4v) is 19.7. The fourth-order valence-electron chi connectivity index (χ4n) is 4.03. The molecule has 0 aromatic rings. The van der Waals surface area contributed by atoms with E-state index in [2.05, 4.69) is 33.8 Å². The van der Waals surface area contributed by atoms with Gasteiger partial charge in [-0.05, 0) is 0 Å². The summed E-state index contributed by atoms with van der Waals surface area (Å²) >= 11 is -2.34. The molecule has 22 heavy (non-hydrogen) atoms. The molecule has 1 fully saturated rings. The first kappa shape index (κ1) is 18.6. The van der Waals surface area contributed by atoms with E-state index in [-0.39, 0.29) is 6.29 Å². The van der Waals surface area contributed by atoms with Gasteiger partial charge in [-0.15, -0.1) is 0 Å². The zero-order chi connectivity index (χ0) is 16.0. The van der Waals surface area contributed by atoms with Gasteiger partial charge < -0.3 is 0 Å². The molecular weight excluding hydrogens is 379 g/mol. The zero-order valence-corrected chi connectivity index (χ0v) is 18.1. The van der Waals surface area contributed by atoms with Crippen LogP contribution in [0.5, 0.6) is 0 Å². The summed E-state index contributed by atoms with van der Waals surface area (Å²) in [6.07, 6.45) is 12.3. The Morgan fingerprint density at radius 3 is 1.91 bits per heavy atom. The third-order valence-electron chi connectivity index (χ3n) is 5.59. The minimum atomic E-state index is -2.34. The predicted octanol–water partition coefficient (Wildman–Crippen LogP) is 6.04. The first-order valence-corrected chi connectivity index (χ1v) is 17.2. The van der Waals surface area contributed by atoms with Crippen LogP contribution in [-0.4, -0.2) is 30.8 Å². The Morgan fingerprint density at radius 2 is 1.45 bits per heavy atom. The molecule has 0 aliphatic carbocycles. The maximum atomic E-state index is 6.38. The summed E-state index contributed by atoms with van der Waals surface area (Å²) < 4.78 is 18.3. The first-order valence-electron chi connectivity index (χ1n) is 9.75. The Bertz CT molecular complexity index is 345. The van der Waals surface area contributed by atoms with Gasteiger partial charge in [-0.3, -0.25) is 0 Å². The van der Waals surface area contributed by atoms with Crippen molar-refractivity contribution < 1.29 is 9.47 Å². The topological polar surface area (TPSA) is 18.5 Å². The average molecular weight is 415 g/mol. The summed E-state index contributed by atoms with van der Waals surface area (Å²) in [7, 11) is 0. The number of hydrogen-bond acceptors (Lipinski definition) is 2. The molecule has 3 atom stereocenters. The van der Waals surface area contributed by atoms with E-state index in [0.29, 0.717) is 12.0 Å². The number of ether oxygens (including phenoxy) is 2. The normalized spacial score (nSPS) is 27.1. The van der Waals surface area contributed by atoms with Gasteiger partial charge >= 0.3 is 142 Å². The van der Waals surface area contributed by atoms with Crippen molar-refractivity contribution in [2.24, 2.45) is 5.92 Å². The van der Waals surface area contributed by atoms with Gasteiger partial charge in [0.15, 0.2) is 0 Å². The molecule has 0 bridgehead atoms. The van der Waals surface area contributed by atoms with Crippen LogP contribution in [0, 0.1) is 5.92 Å². The molecular formula is C19H36O2Sn. The van der Waals surface area contributed by atoms with Crippen LogP contribution in [-0.2, 0) is 9.47 Å².